The zero-order valence-electron chi connectivity index (χ0n) is 11.8. The predicted molar refractivity (Wildman–Crippen MR) is 83.1 cm³/mol. The van der Waals surface area contributed by atoms with Gasteiger partial charge in [0.1, 0.15) is 4.99 Å². The van der Waals surface area contributed by atoms with Crippen LogP contribution < -0.4 is 5.73 Å². The van der Waals surface area contributed by atoms with Gasteiger partial charge in [0.05, 0.1) is 12.7 Å². The zero-order chi connectivity index (χ0) is 13.8. The molecule has 0 radical (unpaired) electrons. The summed E-state index contributed by atoms with van der Waals surface area (Å²) in [5.74, 6) is 1.60. The van der Waals surface area contributed by atoms with Gasteiger partial charge in [-0.05, 0) is 42.7 Å². The number of rotatable bonds is 4. The van der Waals surface area contributed by atoms with Gasteiger partial charge in [0, 0.05) is 5.56 Å². The molecule has 2 nitrogen and oxygen atoms in total. The van der Waals surface area contributed by atoms with Crippen molar-refractivity contribution >= 4 is 17.2 Å². The summed E-state index contributed by atoms with van der Waals surface area (Å²) < 4.78 is 6.04. The topological polar surface area (TPSA) is 35.2 Å². The van der Waals surface area contributed by atoms with Gasteiger partial charge in [-0.2, -0.15) is 0 Å². The van der Waals surface area contributed by atoms with Crippen molar-refractivity contribution in [2.24, 2.45) is 17.6 Å². The van der Waals surface area contributed by atoms with Crippen LogP contribution in [0.3, 0.4) is 0 Å². The highest BCUT2D eigenvalue weighted by molar-refractivity contribution is 7.80. The molecular formula is C16H23NOS. The van der Waals surface area contributed by atoms with Crippen LogP contribution in [0.4, 0.5) is 0 Å². The average Bonchev–Trinajstić information content (AvgIpc) is 2.40. The molecule has 0 aromatic heterocycles. The maximum Gasteiger partial charge on any atom is 0.103 e. The van der Waals surface area contributed by atoms with Crippen LogP contribution in [0.25, 0.3) is 0 Å². The molecule has 1 aromatic rings. The molecule has 0 heterocycles. The zero-order valence-corrected chi connectivity index (χ0v) is 12.6. The van der Waals surface area contributed by atoms with Gasteiger partial charge >= 0.3 is 0 Å². The lowest BCUT2D eigenvalue weighted by Gasteiger charge is -2.32. The van der Waals surface area contributed by atoms with Gasteiger partial charge in [0.25, 0.3) is 0 Å². The van der Waals surface area contributed by atoms with Crippen LogP contribution >= 0.6 is 12.2 Å². The summed E-state index contributed by atoms with van der Waals surface area (Å²) in [5.41, 5.74) is 7.71. The van der Waals surface area contributed by atoms with Crippen LogP contribution in [-0.2, 0) is 11.3 Å². The van der Waals surface area contributed by atoms with E-state index in [-0.39, 0.29) is 0 Å². The molecule has 1 fully saturated rings. The van der Waals surface area contributed by atoms with Crippen LogP contribution in [0.5, 0.6) is 0 Å². The van der Waals surface area contributed by atoms with E-state index in [1.54, 1.807) is 0 Å². The summed E-state index contributed by atoms with van der Waals surface area (Å²) in [5, 5.41) is 0. The lowest BCUT2D eigenvalue weighted by atomic mass is 9.80. The summed E-state index contributed by atoms with van der Waals surface area (Å²) in [6.45, 7) is 5.32. The number of nitrogens with two attached hydrogens (primary N) is 1. The van der Waals surface area contributed by atoms with E-state index in [1.165, 1.54) is 19.3 Å². The Morgan fingerprint density at radius 1 is 1.32 bits per heavy atom. The second-order valence-electron chi connectivity index (χ2n) is 5.77. The van der Waals surface area contributed by atoms with Crippen molar-refractivity contribution in [2.75, 3.05) is 0 Å². The van der Waals surface area contributed by atoms with Gasteiger partial charge in [0.2, 0.25) is 0 Å². The van der Waals surface area contributed by atoms with Crippen molar-refractivity contribution in [2.45, 2.75) is 45.8 Å². The molecule has 2 N–H and O–H groups in total. The van der Waals surface area contributed by atoms with Crippen LogP contribution in [-0.4, -0.2) is 11.1 Å². The van der Waals surface area contributed by atoms with E-state index >= 15 is 0 Å². The normalized spacial score (nSPS) is 27.2. The molecule has 3 atom stereocenters. The Hall–Kier alpha value is -0.930. The Kier molecular flexibility index (Phi) is 4.94. The van der Waals surface area contributed by atoms with Gasteiger partial charge in [-0.15, -0.1) is 0 Å². The molecule has 0 spiro atoms. The van der Waals surface area contributed by atoms with E-state index < -0.39 is 0 Å². The predicted octanol–water partition coefficient (Wildman–Crippen LogP) is 3.66. The first-order valence-corrected chi connectivity index (χ1v) is 7.47. The van der Waals surface area contributed by atoms with Crippen LogP contribution in [0.15, 0.2) is 24.3 Å². The molecule has 1 aliphatic rings. The lowest BCUT2D eigenvalue weighted by Crippen LogP contribution is -2.26. The first-order valence-electron chi connectivity index (χ1n) is 7.06. The third kappa shape index (κ3) is 4.02. The Morgan fingerprint density at radius 2 is 2.11 bits per heavy atom. The molecule has 0 saturated heterocycles. The van der Waals surface area contributed by atoms with E-state index in [4.69, 9.17) is 22.7 Å². The summed E-state index contributed by atoms with van der Waals surface area (Å²) in [4.78, 5) is 0.446. The molecule has 3 unspecified atom stereocenters. The number of thiocarbonyl (C=S) groups is 1. The molecule has 1 saturated carbocycles. The molecule has 0 aliphatic heterocycles. The highest BCUT2D eigenvalue weighted by Crippen LogP contribution is 2.31. The van der Waals surface area contributed by atoms with Crippen molar-refractivity contribution in [3.8, 4) is 0 Å². The minimum atomic E-state index is 0.402. The third-order valence-electron chi connectivity index (χ3n) is 4.25. The molecule has 19 heavy (non-hydrogen) atoms. The second-order valence-corrected chi connectivity index (χ2v) is 6.21. The fourth-order valence-electron chi connectivity index (χ4n) is 2.68. The summed E-state index contributed by atoms with van der Waals surface area (Å²) >= 11 is 5.00. The minimum absolute atomic E-state index is 0.402. The van der Waals surface area contributed by atoms with Gasteiger partial charge in [-0.25, -0.2) is 0 Å². The van der Waals surface area contributed by atoms with E-state index in [2.05, 4.69) is 19.9 Å². The standard InChI is InChI=1S/C16H23NOS/c1-11-6-7-15(8-12(11)2)18-10-13-4-3-5-14(9-13)16(17)19/h3-5,9,11-12,15H,6-8,10H2,1-2H3,(H2,17,19). The van der Waals surface area contributed by atoms with Crippen molar-refractivity contribution in [3.05, 3.63) is 35.4 Å². The number of hydrogen-bond donors (Lipinski definition) is 1. The summed E-state index contributed by atoms with van der Waals surface area (Å²) in [6.07, 6.45) is 4.04. The SMILES string of the molecule is CC1CCC(OCc2cccc(C(N)=S)c2)CC1C. The summed E-state index contributed by atoms with van der Waals surface area (Å²) in [7, 11) is 0. The van der Waals surface area contributed by atoms with Gasteiger partial charge in [-0.3, -0.25) is 0 Å². The van der Waals surface area contributed by atoms with Crippen molar-refractivity contribution in [1.82, 2.24) is 0 Å². The van der Waals surface area contributed by atoms with E-state index in [0.717, 1.165) is 23.0 Å². The average molecular weight is 277 g/mol. The summed E-state index contributed by atoms with van der Waals surface area (Å²) in [6, 6.07) is 8.02. The quantitative estimate of drug-likeness (QED) is 0.853. The molecular weight excluding hydrogens is 254 g/mol. The van der Waals surface area contributed by atoms with Crippen LogP contribution in [0, 0.1) is 11.8 Å². The molecule has 1 aliphatic carbocycles. The van der Waals surface area contributed by atoms with Crippen molar-refractivity contribution < 1.29 is 4.74 Å². The molecule has 0 bridgehead atoms. The Labute approximate surface area is 121 Å². The number of ether oxygens (including phenoxy) is 1. The van der Waals surface area contributed by atoms with Crippen LogP contribution in [0.2, 0.25) is 0 Å². The van der Waals surface area contributed by atoms with E-state index in [9.17, 15) is 0 Å². The molecule has 0 amide bonds. The smallest absolute Gasteiger partial charge is 0.103 e. The number of hydrogen-bond acceptors (Lipinski definition) is 2. The maximum atomic E-state index is 6.04. The fraction of sp³-hybridized carbons (Fsp3) is 0.562. The second kappa shape index (κ2) is 6.49. The fourth-order valence-corrected chi connectivity index (χ4v) is 2.80. The Bertz CT molecular complexity index is 446. The first kappa shape index (κ1) is 14.5. The largest absolute Gasteiger partial charge is 0.389 e. The molecule has 2 rings (SSSR count). The molecule has 1 aromatic carbocycles. The third-order valence-corrected chi connectivity index (χ3v) is 4.48. The van der Waals surface area contributed by atoms with Crippen LogP contribution in [0.1, 0.15) is 44.2 Å². The monoisotopic (exact) mass is 277 g/mol. The van der Waals surface area contributed by atoms with Gasteiger partial charge in [-0.1, -0.05) is 44.3 Å². The molecule has 3 heteroatoms. The highest BCUT2D eigenvalue weighted by atomic mass is 32.1. The highest BCUT2D eigenvalue weighted by Gasteiger charge is 2.24. The Morgan fingerprint density at radius 3 is 2.79 bits per heavy atom. The van der Waals surface area contributed by atoms with Crippen molar-refractivity contribution in [1.29, 1.82) is 0 Å². The van der Waals surface area contributed by atoms with Crippen molar-refractivity contribution in [3.63, 3.8) is 0 Å². The number of benzene rings is 1. The minimum Gasteiger partial charge on any atom is -0.389 e. The first-order chi connectivity index (χ1) is 9.06. The maximum absolute atomic E-state index is 6.04. The van der Waals surface area contributed by atoms with Gasteiger partial charge in [0.15, 0.2) is 0 Å². The Balaban J connectivity index is 1.88. The molecule has 104 valence electrons. The van der Waals surface area contributed by atoms with Gasteiger partial charge < -0.3 is 10.5 Å². The van der Waals surface area contributed by atoms with E-state index in [1.807, 2.05) is 18.2 Å². The van der Waals surface area contributed by atoms with E-state index in [0.29, 0.717) is 17.7 Å². The lowest BCUT2D eigenvalue weighted by molar-refractivity contribution is -0.00745.